The summed E-state index contributed by atoms with van der Waals surface area (Å²) in [6, 6.07) is 7.60. The topological polar surface area (TPSA) is 47.2 Å². The Morgan fingerprint density at radius 2 is 2.29 bits per heavy atom. The van der Waals surface area contributed by atoms with Gasteiger partial charge in [0.25, 0.3) is 0 Å². The molecule has 1 aromatic carbocycles. The number of rotatable bonds is 3. The minimum absolute atomic E-state index is 0.239. The van der Waals surface area contributed by atoms with Gasteiger partial charge in [0.1, 0.15) is 0 Å². The standard InChI is InChI=1S/C13H16N2O2/c16-13-15(8-6-10-5-7-14-9-10)11-3-1-2-4-12(11)17-13/h1-4,10,14H,5-9H2. The molecule has 1 fully saturated rings. The van der Waals surface area contributed by atoms with Gasteiger partial charge in [0.15, 0.2) is 5.58 Å². The molecule has 2 aromatic rings. The quantitative estimate of drug-likeness (QED) is 0.874. The monoisotopic (exact) mass is 232 g/mol. The highest BCUT2D eigenvalue weighted by atomic mass is 16.4. The van der Waals surface area contributed by atoms with E-state index in [2.05, 4.69) is 5.32 Å². The third-order valence-corrected chi connectivity index (χ3v) is 3.50. The molecule has 1 aliphatic heterocycles. The minimum atomic E-state index is -0.239. The van der Waals surface area contributed by atoms with Crippen molar-refractivity contribution in [2.75, 3.05) is 13.1 Å². The summed E-state index contributed by atoms with van der Waals surface area (Å²) < 4.78 is 6.95. The average molecular weight is 232 g/mol. The predicted molar refractivity (Wildman–Crippen MR) is 66.1 cm³/mol. The van der Waals surface area contributed by atoms with Crippen molar-refractivity contribution >= 4 is 11.1 Å². The fourth-order valence-corrected chi connectivity index (χ4v) is 2.50. The van der Waals surface area contributed by atoms with Gasteiger partial charge in [-0.1, -0.05) is 12.1 Å². The Morgan fingerprint density at radius 3 is 3.12 bits per heavy atom. The molecule has 2 heterocycles. The first-order valence-electron chi connectivity index (χ1n) is 6.14. The van der Waals surface area contributed by atoms with E-state index in [4.69, 9.17) is 4.42 Å². The zero-order valence-corrected chi connectivity index (χ0v) is 9.69. The molecule has 17 heavy (non-hydrogen) atoms. The van der Waals surface area contributed by atoms with Crippen LogP contribution in [0, 0.1) is 5.92 Å². The van der Waals surface area contributed by atoms with Gasteiger partial charge in [-0.3, -0.25) is 4.57 Å². The van der Waals surface area contributed by atoms with E-state index in [-0.39, 0.29) is 5.76 Å². The summed E-state index contributed by atoms with van der Waals surface area (Å²) in [7, 11) is 0. The minimum Gasteiger partial charge on any atom is -0.408 e. The fourth-order valence-electron chi connectivity index (χ4n) is 2.50. The van der Waals surface area contributed by atoms with Crippen molar-refractivity contribution in [3.63, 3.8) is 0 Å². The molecule has 0 aliphatic carbocycles. The fraction of sp³-hybridized carbons (Fsp3) is 0.462. The van der Waals surface area contributed by atoms with Crippen molar-refractivity contribution in [3.8, 4) is 0 Å². The molecule has 1 N–H and O–H groups in total. The largest absolute Gasteiger partial charge is 0.419 e. The van der Waals surface area contributed by atoms with Gasteiger partial charge in [0.05, 0.1) is 5.52 Å². The second-order valence-corrected chi connectivity index (χ2v) is 4.63. The van der Waals surface area contributed by atoms with E-state index >= 15 is 0 Å². The van der Waals surface area contributed by atoms with E-state index in [1.165, 1.54) is 6.42 Å². The van der Waals surface area contributed by atoms with Gasteiger partial charge in [-0.15, -0.1) is 0 Å². The molecule has 0 bridgehead atoms. The number of aryl methyl sites for hydroxylation is 1. The number of para-hydroxylation sites is 2. The van der Waals surface area contributed by atoms with Crippen LogP contribution in [0.4, 0.5) is 0 Å². The zero-order valence-electron chi connectivity index (χ0n) is 9.69. The molecule has 4 nitrogen and oxygen atoms in total. The highest BCUT2D eigenvalue weighted by molar-refractivity contribution is 5.72. The Kier molecular flexibility index (Phi) is 2.73. The van der Waals surface area contributed by atoms with E-state index in [1.807, 2.05) is 24.3 Å². The highest BCUT2D eigenvalue weighted by Crippen LogP contribution is 2.16. The van der Waals surface area contributed by atoms with Gasteiger partial charge in [-0.05, 0) is 44.0 Å². The van der Waals surface area contributed by atoms with E-state index in [1.54, 1.807) is 4.57 Å². The third-order valence-electron chi connectivity index (χ3n) is 3.50. The number of benzene rings is 1. The van der Waals surface area contributed by atoms with Crippen molar-refractivity contribution in [2.45, 2.75) is 19.4 Å². The second kappa shape index (κ2) is 4.37. The van der Waals surface area contributed by atoms with Crippen molar-refractivity contribution in [3.05, 3.63) is 34.8 Å². The van der Waals surface area contributed by atoms with Crippen LogP contribution in [-0.2, 0) is 6.54 Å². The Bertz CT molecular complexity index is 564. The summed E-state index contributed by atoms with van der Waals surface area (Å²) >= 11 is 0. The summed E-state index contributed by atoms with van der Waals surface area (Å²) in [5, 5.41) is 3.34. The summed E-state index contributed by atoms with van der Waals surface area (Å²) in [6.45, 7) is 2.93. The van der Waals surface area contributed by atoms with Crippen molar-refractivity contribution in [2.24, 2.45) is 5.92 Å². The predicted octanol–water partition coefficient (Wildman–Crippen LogP) is 1.59. The average Bonchev–Trinajstić information content (AvgIpc) is 2.93. The number of oxazole rings is 1. The molecule has 0 saturated carbocycles. The molecule has 0 amide bonds. The molecule has 90 valence electrons. The smallest absolute Gasteiger partial charge is 0.408 e. The number of nitrogens with zero attached hydrogens (tertiary/aromatic N) is 1. The van der Waals surface area contributed by atoms with E-state index < -0.39 is 0 Å². The lowest BCUT2D eigenvalue weighted by Crippen LogP contribution is -2.17. The van der Waals surface area contributed by atoms with Crippen LogP contribution in [0.3, 0.4) is 0 Å². The van der Waals surface area contributed by atoms with Gasteiger partial charge in [0.2, 0.25) is 0 Å². The first-order valence-corrected chi connectivity index (χ1v) is 6.14. The molecule has 4 heteroatoms. The Hall–Kier alpha value is -1.55. The van der Waals surface area contributed by atoms with E-state index in [9.17, 15) is 4.79 Å². The van der Waals surface area contributed by atoms with Crippen molar-refractivity contribution in [1.82, 2.24) is 9.88 Å². The summed E-state index contributed by atoms with van der Waals surface area (Å²) in [5.41, 5.74) is 1.59. The molecule has 3 rings (SSSR count). The molecule has 1 aliphatic rings. The van der Waals surface area contributed by atoms with Crippen LogP contribution in [0.2, 0.25) is 0 Å². The molecular weight excluding hydrogens is 216 g/mol. The van der Waals surface area contributed by atoms with Gasteiger partial charge in [-0.25, -0.2) is 4.79 Å². The van der Waals surface area contributed by atoms with Crippen LogP contribution >= 0.6 is 0 Å². The molecule has 0 radical (unpaired) electrons. The Balaban J connectivity index is 1.84. The van der Waals surface area contributed by atoms with Crippen LogP contribution in [0.15, 0.2) is 33.5 Å². The van der Waals surface area contributed by atoms with Crippen LogP contribution in [0.1, 0.15) is 12.8 Å². The maximum Gasteiger partial charge on any atom is 0.419 e. The molecule has 1 unspecified atom stereocenters. The second-order valence-electron chi connectivity index (χ2n) is 4.63. The van der Waals surface area contributed by atoms with Gasteiger partial charge in [-0.2, -0.15) is 0 Å². The maximum absolute atomic E-state index is 11.7. The van der Waals surface area contributed by atoms with Gasteiger partial charge < -0.3 is 9.73 Å². The lowest BCUT2D eigenvalue weighted by Gasteiger charge is -2.07. The molecule has 1 saturated heterocycles. The maximum atomic E-state index is 11.7. The van der Waals surface area contributed by atoms with Crippen LogP contribution < -0.4 is 11.1 Å². The zero-order chi connectivity index (χ0) is 11.7. The Labute approximate surface area is 99.2 Å². The summed E-state index contributed by atoms with van der Waals surface area (Å²) in [4.78, 5) is 11.7. The third kappa shape index (κ3) is 2.00. The molecule has 1 atom stereocenters. The SMILES string of the molecule is O=c1oc2ccccc2n1CCC1CCNC1. The highest BCUT2D eigenvalue weighted by Gasteiger charge is 2.16. The number of hydrogen-bond donors (Lipinski definition) is 1. The number of aromatic nitrogens is 1. The first-order chi connectivity index (χ1) is 8.34. The normalized spacial score (nSPS) is 20.1. The first kappa shape index (κ1) is 10.6. The lowest BCUT2D eigenvalue weighted by molar-refractivity contribution is 0.447. The van der Waals surface area contributed by atoms with E-state index in [0.29, 0.717) is 11.5 Å². The lowest BCUT2D eigenvalue weighted by atomic mass is 10.1. The summed E-state index contributed by atoms with van der Waals surface area (Å²) in [5.74, 6) is 0.452. The van der Waals surface area contributed by atoms with Crippen LogP contribution in [0.25, 0.3) is 11.1 Å². The van der Waals surface area contributed by atoms with Crippen LogP contribution in [-0.4, -0.2) is 17.7 Å². The number of hydrogen-bond acceptors (Lipinski definition) is 3. The van der Waals surface area contributed by atoms with Crippen molar-refractivity contribution in [1.29, 1.82) is 0 Å². The van der Waals surface area contributed by atoms with Gasteiger partial charge in [0, 0.05) is 6.54 Å². The number of fused-ring (bicyclic) bond motifs is 1. The van der Waals surface area contributed by atoms with Crippen LogP contribution in [0.5, 0.6) is 0 Å². The van der Waals surface area contributed by atoms with Gasteiger partial charge >= 0.3 is 5.76 Å². The van der Waals surface area contributed by atoms with E-state index in [0.717, 1.165) is 31.6 Å². The molecule has 0 spiro atoms. The Morgan fingerprint density at radius 1 is 1.41 bits per heavy atom. The number of nitrogens with one attached hydrogen (secondary N) is 1. The summed E-state index contributed by atoms with van der Waals surface area (Å²) in [6.07, 6.45) is 2.25. The van der Waals surface area contributed by atoms with Crippen molar-refractivity contribution < 1.29 is 4.42 Å². The molecular formula is C13H16N2O2. The molecule has 1 aromatic heterocycles.